The number of H-pyrrole nitrogens is 1. The summed E-state index contributed by atoms with van der Waals surface area (Å²) in [6, 6.07) is 1.47. The van der Waals surface area contributed by atoms with E-state index in [1.165, 1.54) is 23.1 Å². The van der Waals surface area contributed by atoms with E-state index in [0.717, 1.165) is 0 Å². The highest BCUT2D eigenvalue weighted by Crippen LogP contribution is 2.17. The van der Waals surface area contributed by atoms with Gasteiger partial charge in [0.15, 0.2) is 0 Å². The quantitative estimate of drug-likeness (QED) is 0.499. The molecule has 0 radical (unpaired) electrons. The van der Waals surface area contributed by atoms with E-state index in [1.807, 2.05) is 0 Å². The maximum absolute atomic E-state index is 11.4. The van der Waals surface area contributed by atoms with Crippen molar-refractivity contribution in [3.63, 3.8) is 0 Å². The molecule has 0 aromatic carbocycles. The van der Waals surface area contributed by atoms with E-state index in [0.29, 0.717) is 11.1 Å². The van der Waals surface area contributed by atoms with E-state index in [1.54, 1.807) is 0 Å². The number of nitrogens with two attached hydrogens (primary N) is 1. The predicted molar refractivity (Wildman–Crippen MR) is 55.8 cm³/mol. The minimum Gasteiger partial charge on any atom is -0.389 e. The van der Waals surface area contributed by atoms with Gasteiger partial charge in [0.05, 0.1) is 6.10 Å². The van der Waals surface area contributed by atoms with Crippen molar-refractivity contribution in [3.8, 4) is 0 Å². The van der Waals surface area contributed by atoms with Crippen LogP contribution < -0.4 is 11.3 Å². The summed E-state index contributed by atoms with van der Waals surface area (Å²) in [5, 5.41) is 22.9. The van der Waals surface area contributed by atoms with Crippen molar-refractivity contribution in [2.75, 3.05) is 6.54 Å². The second-order valence-electron chi connectivity index (χ2n) is 3.47. The molecule has 0 amide bonds. The first-order valence-corrected chi connectivity index (χ1v) is 4.75. The van der Waals surface area contributed by atoms with E-state index in [4.69, 9.17) is 5.73 Å². The number of nitrogens with one attached hydrogen (secondary N) is 1. The van der Waals surface area contributed by atoms with Gasteiger partial charge in [-0.2, -0.15) is 5.10 Å². The monoisotopic (exact) mass is 224 g/mol. The third-order valence-corrected chi connectivity index (χ3v) is 2.38. The van der Waals surface area contributed by atoms with Gasteiger partial charge in [-0.3, -0.25) is 4.79 Å². The smallest absolute Gasteiger partial charge is 0.275 e. The third-order valence-electron chi connectivity index (χ3n) is 2.38. The Labute approximate surface area is 90.1 Å². The van der Waals surface area contributed by atoms with Gasteiger partial charge in [-0.25, -0.2) is 4.52 Å². The Morgan fingerprint density at radius 3 is 2.94 bits per heavy atom. The van der Waals surface area contributed by atoms with Crippen LogP contribution in [0.15, 0.2) is 23.4 Å². The highest BCUT2D eigenvalue weighted by atomic mass is 16.3. The van der Waals surface area contributed by atoms with Crippen LogP contribution in [-0.2, 0) is 0 Å². The van der Waals surface area contributed by atoms with Crippen LogP contribution in [0.5, 0.6) is 0 Å². The molecule has 86 valence electrons. The van der Waals surface area contributed by atoms with Crippen LogP contribution >= 0.6 is 0 Å². The molecule has 16 heavy (non-hydrogen) atoms. The molecule has 7 heteroatoms. The van der Waals surface area contributed by atoms with Crippen molar-refractivity contribution in [1.29, 1.82) is 0 Å². The summed E-state index contributed by atoms with van der Waals surface area (Å²) in [5.41, 5.74) is 5.64. The Hall–Kier alpha value is -1.70. The van der Waals surface area contributed by atoms with E-state index in [-0.39, 0.29) is 12.1 Å². The number of aliphatic hydroxyl groups excluding tert-OH is 2. The maximum atomic E-state index is 11.4. The zero-order valence-electron chi connectivity index (χ0n) is 8.37. The van der Waals surface area contributed by atoms with E-state index >= 15 is 0 Å². The molecule has 5 N–H and O–H groups in total. The van der Waals surface area contributed by atoms with Crippen LogP contribution in [0.2, 0.25) is 0 Å². The molecule has 2 aromatic heterocycles. The Morgan fingerprint density at radius 1 is 1.56 bits per heavy atom. The Kier molecular flexibility index (Phi) is 2.73. The molecule has 0 aliphatic rings. The predicted octanol–water partition coefficient (Wildman–Crippen LogP) is -1.62. The minimum absolute atomic E-state index is 0.0584. The lowest BCUT2D eigenvalue weighted by Crippen LogP contribution is -2.26. The van der Waals surface area contributed by atoms with Crippen molar-refractivity contribution >= 4 is 5.52 Å². The lowest BCUT2D eigenvalue weighted by Gasteiger charge is -2.13. The first-order chi connectivity index (χ1) is 7.63. The Balaban J connectivity index is 2.47. The summed E-state index contributed by atoms with van der Waals surface area (Å²) in [5.74, 6) is 0. The largest absolute Gasteiger partial charge is 0.389 e. The number of aliphatic hydroxyl groups is 2. The van der Waals surface area contributed by atoms with Gasteiger partial charge < -0.3 is 20.9 Å². The van der Waals surface area contributed by atoms with Gasteiger partial charge in [0.25, 0.3) is 5.56 Å². The van der Waals surface area contributed by atoms with Gasteiger partial charge in [-0.05, 0) is 6.07 Å². The molecular formula is C9H12N4O3. The summed E-state index contributed by atoms with van der Waals surface area (Å²) in [4.78, 5) is 13.8. The van der Waals surface area contributed by atoms with E-state index in [2.05, 4.69) is 10.1 Å². The van der Waals surface area contributed by atoms with Crippen molar-refractivity contribution in [2.24, 2.45) is 5.73 Å². The fourth-order valence-corrected chi connectivity index (χ4v) is 1.47. The topological polar surface area (TPSA) is 117 Å². The van der Waals surface area contributed by atoms with Gasteiger partial charge in [0.1, 0.15) is 17.9 Å². The zero-order valence-corrected chi connectivity index (χ0v) is 8.37. The van der Waals surface area contributed by atoms with Crippen LogP contribution in [0, 0.1) is 0 Å². The van der Waals surface area contributed by atoms with Gasteiger partial charge in [-0.15, -0.1) is 0 Å². The highest BCUT2D eigenvalue weighted by molar-refractivity contribution is 5.47. The minimum atomic E-state index is -1.12. The molecule has 0 aliphatic carbocycles. The van der Waals surface area contributed by atoms with Crippen molar-refractivity contribution in [3.05, 3.63) is 34.5 Å². The summed E-state index contributed by atoms with van der Waals surface area (Å²) in [6.07, 6.45) is 0.557. The molecule has 7 nitrogen and oxygen atoms in total. The molecule has 2 atom stereocenters. The van der Waals surface area contributed by atoms with Gasteiger partial charge in [-0.1, -0.05) is 0 Å². The molecule has 0 fully saturated rings. The van der Waals surface area contributed by atoms with Gasteiger partial charge >= 0.3 is 0 Å². The lowest BCUT2D eigenvalue weighted by molar-refractivity contribution is 0.0244. The molecule has 2 heterocycles. The molecule has 0 bridgehead atoms. The van der Waals surface area contributed by atoms with Gasteiger partial charge in [0.2, 0.25) is 0 Å². The van der Waals surface area contributed by atoms with E-state index in [9.17, 15) is 15.0 Å². The number of fused-ring (bicyclic) bond motifs is 1. The van der Waals surface area contributed by atoms with Crippen LogP contribution in [0.4, 0.5) is 0 Å². The average Bonchev–Trinajstić information content (AvgIpc) is 2.72. The number of rotatable bonds is 3. The normalized spacial score (nSPS) is 15.2. The molecule has 0 saturated heterocycles. The second kappa shape index (κ2) is 4.05. The molecule has 2 rings (SSSR count). The number of nitrogens with zero attached hydrogens (tertiary/aromatic N) is 2. The SMILES string of the molecule is NCC(O)C(O)c1cc2c(=O)[nH]cnn2c1. The lowest BCUT2D eigenvalue weighted by atomic mass is 10.1. The van der Waals surface area contributed by atoms with Crippen LogP contribution in [-0.4, -0.2) is 37.5 Å². The van der Waals surface area contributed by atoms with Gasteiger partial charge in [0, 0.05) is 18.3 Å². The van der Waals surface area contributed by atoms with Crippen LogP contribution in [0.25, 0.3) is 5.52 Å². The maximum Gasteiger partial charge on any atom is 0.275 e. The first-order valence-electron chi connectivity index (χ1n) is 4.75. The fraction of sp³-hybridized carbons (Fsp3) is 0.333. The van der Waals surface area contributed by atoms with Crippen LogP contribution in [0.1, 0.15) is 11.7 Å². The Bertz CT molecular complexity index is 547. The molecule has 2 aromatic rings. The van der Waals surface area contributed by atoms with E-state index < -0.39 is 12.2 Å². The molecule has 2 unspecified atom stereocenters. The summed E-state index contributed by atoms with van der Waals surface area (Å²) in [6.45, 7) is -0.0584. The highest BCUT2D eigenvalue weighted by Gasteiger charge is 2.19. The molecular weight excluding hydrogens is 212 g/mol. The van der Waals surface area contributed by atoms with Crippen molar-refractivity contribution in [2.45, 2.75) is 12.2 Å². The standard InChI is InChI=1S/C9H12N4O3/c10-2-7(14)8(15)5-1-6-9(16)11-4-12-13(6)3-5/h1,3-4,7-8,14-15H,2,10H2,(H,11,12,16). The first kappa shape index (κ1) is 10.8. The summed E-state index contributed by atoms with van der Waals surface area (Å²) >= 11 is 0. The number of hydrogen-bond acceptors (Lipinski definition) is 5. The Morgan fingerprint density at radius 2 is 2.31 bits per heavy atom. The zero-order chi connectivity index (χ0) is 11.7. The molecule has 0 saturated carbocycles. The fourth-order valence-electron chi connectivity index (χ4n) is 1.47. The summed E-state index contributed by atoms with van der Waals surface area (Å²) in [7, 11) is 0. The number of aromatic nitrogens is 3. The second-order valence-corrected chi connectivity index (χ2v) is 3.47. The summed E-state index contributed by atoms with van der Waals surface area (Å²) < 4.78 is 1.33. The molecule has 0 spiro atoms. The molecule has 0 aliphatic heterocycles. The number of hydrogen-bond donors (Lipinski definition) is 4. The van der Waals surface area contributed by atoms with Crippen molar-refractivity contribution < 1.29 is 10.2 Å². The average molecular weight is 224 g/mol. The van der Waals surface area contributed by atoms with Crippen LogP contribution in [0.3, 0.4) is 0 Å². The van der Waals surface area contributed by atoms with Crippen molar-refractivity contribution in [1.82, 2.24) is 14.6 Å². The number of aromatic amines is 1. The third kappa shape index (κ3) is 1.71.